The highest BCUT2D eigenvalue weighted by molar-refractivity contribution is 6.46. The molecule has 0 spiro atoms. The summed E-state index contributed by atoms with van der Waals surface area (Å²) in [5.41, 5.74) is 1.98. The van der Waals surface area contributed by atoms with E-state index in [9.17, 15) is 19.1 Å². The number of halogens is 1. The lowest BCUT2D eigenvalue weighted by Gasteiger charge is -2.25. The lowest BCUT2D eigenvalue weighted by molar-refractivity contribution is -0.140. The Kier molecular flexibility index (Phi) is 5.37. The Labute approximate surface area is 156 Å². The van der Waals surface area contributed by atoms with Gasteiger partial charge in [0.15, 0.2) is 0 Å². The number of likely N-dealkylation sites (tertiary alicyclic amines) is 1. The Morgan fingerprint density at radius 3 is 2.33 bits per heavy atom. The van der Waals surface area contributed by atoms with Crippen LogP contribution in [0.1, 0.15) is 22.7 Å². The van der Waals surface area contributed by atoms with Crippen molar-refractivity contribution < 1.29 is 23.8 Å². The molecule has 1 fully saturated rings. The average molecular weight is 369 g/mol. The van der Waals surface area contributed by atoms with Crippen molar-refractivity contribution in [3.05, 3.63) is 76.6 Å². The van der Waals surface area contributed by atoms with Crippen LogP contribution in [0.25, 0.3) is 5.76 Å². The van der Waals surface area contributed by atoms with Crippen molar-refractivity contribution in [3.8, 4) is 0 Å². The zero-order valence-electron chi connectivity index (χ0n) is 15.1. The number of ether oxygens (including phenoxy) is 1. The second kappa shape index (κ2) is 7.72. The molecule has 27 heavy (non-hydrogen) atoms. The van der Waals surface area contributed by atoms with E-state index in [4.69, 9.17) is 4.74 Å². The van der Waals surface area contributed by atoms with Crippen molar-refractivity contribution in [1.82, 2.24) is 4.90 Å². The molecule has 1 saturated heterocycles. The fourth-order valence-electron chi connectivity index (χ4n) is 3.16. The van der Waals surface area contributed by atoms with Gasteiger partial charge >= 0.3 is 0 Å². The van der Waals surface area contributed by atoms with Crippen molar-refractivity contribution >= 4 is 17.4 Å². The average Bonchev–Trinajstić information content (AvgIpc) is 2.91. The molecule has 1 aliphatic heterocycles. The summed E-state index contributed by atoms with van der Waals surface area (Å²) in [6.07, 6.45) is 0. The van der Waals surface area contributed by atoms with Gasteiger partial charge in [-0.05, 0) is 24.6 Å². The molecule has 0 aliphatic carbocycles. The highest BCUT2D eigenvalue weighted by atomic mass is 19.1. The second-order valence-electron chi connectivity index (χ2n) is 6.40. The molecule has 2 aromatic rings. The fourth-order valence-corrected chi connectivity index (χ4v) is 3.16. The van der Waals surface area contributed by atoms with Crippen molar-refractivity contribution in [2.24, 2.45) is 0 Å². The number of hydrogen-bond donors (Lipinski definition) is 1. The van der Waals surface area contributed by atoms with Gasteiger partial charge in [0.25, 0.3) is 11.7 Å². The second-order valence-corrected chi connectivity index (χ2v) is 6.40. The van der Waals surface area contributed by atoms with Crippen molar-refractivity contribution in [3.63, 3.8) is 0 Å². The molecule has 6 heteroatoms. The van der Waals surface area contributed by atoms with Crippen LogP contribution in [-0.4, -0.2) is 42.0 Å². The molecule has 0 bridgehead atoms. The van der Waals surface area contributed by atoms with E-state index in [0.717, 1.165) is 5.56 Å². The Morgan fingerprint density at radius 1 is 1.11 bits per heavy atom. The molecule has 0 saturated carbocycles. The number of carbonyl (C=O) groups is 2. The lowest BCUT2D eigenvalue weighted by atomic mass is 9.95. The van der Waals surface area contributed by atoms with Crippen LogP contribution < -0.4 is 0 Å². The molecule has 5 nitrogen and oxygen atoms in total. The van der Waals surface area contributed by atoms with Crippen molar-refractivity contribution in [2.45, 2.75) is 13.0 Å². The number of hydrogen-bond acceptors (Lipinski definition) is 4. The maximum atomic E-state index is 13.4. The Bertz CT molecular complexity index is 887. The first-order chi connectivity index (χ1) is 12.9. The molecule has 1 amide bonds. The SMILES string of the molecule is COCCN1C(=O)C(=O)/C(=C(/O)c2ccc(C)cc2)[C@H]1c1ccc(F)cc1. The smallest absolute Gasteiger partial charge is 0.295 e. The van der Waals surface area contributed by atoms with Gasteiger partial charge in [-0.2, -0.15) is 0 Å². The number of aliphatic hydroxyl groups is 1. The summed E-state index contributed by atoms with van der Waals surface area (Å²) in [5, 5.41) is 10.8. The van der Waals surface area contributed by atoms with Crippen LogP contribution in [0.5, 0.6) is 0 Å². The van der Waals surface area contributed by atoms with E-state index in [-0.39, 0.29) is 24.5 Å². The van der Waals surface area contributed by atoms with E-state index in [0.29, 0.717) is 11.1 Å². The zero-order valence-corrected chi connectivity index (χ0v) is 15.1. The molecule has 2 aromatic carbocycles. The maximum Gasteiger partial charge on any atom is 0.295 e. The third-order valence-electron chi connectivity index (χ3n) is 4.59. The van der Waals surface area contributed by atoms with Gasteiger partial charge in [-0.3, -0.25) is 9.59 Å². The number of benzene rings is 2. The molecule has 1 N–H and O–H groups in total. The van der Waals surface area contributed by atoms with Crippen LogP contribution in [0.15, 0.2) is 54.1 Å². The van der Waals surface area contributed by atoms with Crippen LogP contribution in [0.3, 0.4) is 0 Å². The molecule has 1 aliphatic rings. The standard InChI is InChI=1S/C21H20FNO4/c1-13-3-5-15(6-4-13)19(24)17-18(14-7-9-16(22)10-8-14)23(11-12-27-2)21(26)20(17)25/h3-10,18,24H,11-12H2,1-2H3/b19-17+/t18-/m1/s1. The zero-order chi connectivity index (χ0) is 19.6. The monoisotopic (exact) mass is 369 g/mol. The largest absolute Gasteiger partial charge is 0.507 e. The predicted octanol–water partition coefficient (Wildman–Crippen LogP) is 3.20. The number of amides is 1. The number of nitrogens with zero attached hydrogens (tertiary/aromatic N) is 1. The number of aryl methyl sites for hydroxylation is 1. The number of rotatable bonds is 5. The van der Waals surface area contributed by atoms with Crippen LogP contribution in [0, 0.1) is 12.7 Å². The number of carbonyl (C=O) groups excluding carboxylic acids is 2. The van der Waals surface area contributed by atoms with Gasteiger partial charge in [0.2, 0.25) is 0 Å². The van der Waals surface area contributed by atoms with Crippen LogP contribution >= 0.6 is 0 Å². The molecule has 1 heterocycles. The third kappa shape index (κ3) is 3.61. The van der Waals surface area contributed by atoms with E-state index in [1.807, 2.05) is 19.1 Å². The van der Waals surface area contributed by atoms with Gasteiger partial charge in [-0.1, -0.05) is 42.0 Å². The summed E-state index contributed by atoms with van der Waals surface area (Å²) in [6, 6.07) is 11.7. The Balaban J connectivity index is 2.14. The van der Waals surface area contributed by atoms with Gasteiger partial charge in [0.05, 0.1) is 18.2 Å². The first kappa shape index (κ1) is 18.8. The van der Waals surface area contributed by atoms with Crippen LogP contribution in [-0.2, 0) is 14.3 Å². The normalized spacial score (nSPS) is 18.9. The summed E-state index contributed by atoms with van der Waals surface area (Å²) in [5.74, 6) is -2.15. The first-order valence-corrected chi connectivity index (χ1v) is 8.54. The highest BCUT2D eigenvalue weighted by Gasteiger charge is 2.45. The van der Waals surface area contributed by atoms with Gasteiger partial charge < -0.3 is 14.7 Å². The number of methoxy groups -OCH3 is 1. The van der Waals surface area contributed by atoms with Gasteiger partial charge in [-0.25, -0.2) is 4.39 Å². The van der Waals surface area contributed by atoms with E-state index < -0.39 is 23.5 Å². The van der Waals surface area contributed by atoms with E-state index in [1.54, 1.807) is 12.1 Å². The minimum Gasteiger partial charge on any atom is -0.507 e. The van der Waals surface area contributed by atoms with Crippen LogP contribution in [0.2, 0.25) is 0 Å². The molecule has 1 atom stereocenters. The van der Waals surface area contributed by atoms with Gasteiger partial charge in [0, 0.05) is 19.2 Å². The predicted molar refractivity (Wildman–Crippen MR) is 98.5 cm³/mol. The molecule has 0 radical (unpaired) electrons. The molecular formula is C21H20FNO4. The molecule has 0 aromatic heterocycles. The summed E-state index contributed by atoms with van der Waals surface area (Å²) in [4.78, 5) is 26.6. The number of Topliss-reactive ketones (excluding diaryl/α,β-unsaturated/α-hetero) is 1. The minimum atomic E-state index is -0.804. The molecular weight excluding hydrogens is 349 g/mol. The summed E-state index contributed by atoms with van der Waals surface area (Å²) in [7, 11) is 1.50. The summed E-state index contributed by atoms with van der Waals surface area (Å²) < 4.78 is 18.4. The number of aliphatic hydroxyl groups excluding tert-OH is 1. The molecule has 0 unspecified atom stereocenters. The summed E-state index contributed by atoms with van der Waals surface area (Å²) in [6.45, 7) is 2.31. The Hall–Kier alpha value is -2.99. The van der Waals surface area contributed by atoms with Crippen molar-refractivity contribution in [2.75, 3.05) is 20.3 Å². The first-order valence-electron chi connectivity index (χ1n) is 8.54. The van der Waals surface area contributed by atoms with Crippen LogP contribution in [0.4, 0.5) is 4.39 Å². The van der Waals surface area contributed by atoms with E-state index >= 15 is 0 Å². The van der Waals surface area contributed by atoms with E-state index in [1.165, 1.54) is 36.3 Å². The third-order valence-corrected chi connectivity index (χ3v) is 4.59. The highest BCUT2D eigenvalue weighted by Crippen LogP contribution is 2.39. The summed E-state index contributed by atoms with van der Waals surface area (Å²) >= 11 is 0. The topological polar surface area (TPSA) is 66.8 Å². The van der Waals surface area contributed by atoms with Gasteiger partial charge in [-0.15, -0.1) is 0 Å². The quantitative estimate of drug-likeness (QED) is 0.499. The van der Waals surface area contributed by atoms with E-state index in [2.05, 4.69) is 0 Å². The van der Waals surface area contributed by atoms with Crippen molar-refractivity contribution in [1.29, 1.82) is 0 Å². The lowest BCUT2D eigenvalue weighted by Crippen LogP contribution is -2.32. The molecule has 140 valence electrons. The fraction of sp³-hybridized carbons (Fsp3) is 0.238. The van der Waals surface area contributed by atoms with Gasteiger partial charge in [0.1, 0.15) is 11.6 Å². The Morgan fingerprint density at radius 2 is 1.74 bits per heavy atom. The minimum absolute atomic E-state index is 0.00781. The molecule has 3 rings (SSSR count). The maximum absolute atomic E-state index is 13.4. The number of ketones is 1.